The van der Waals surface area contributed by atoms with Gasteiger partial charge in [0.2, 0.25) is 0 Å². The van der Waals surface area contributed by atoms with Gasteiger partial charge in [-0.05, 0) is 36.8 Å². The highest BCUT2D eigenvalue weighted by molar-refractivity contribution is 7.98. The Balaban J connectivity index is 1.63. The molecule has 0 spiro atoms. The van der Waals surface area contributed by atoms with E-state index < -0.39 is 0 Å². The van der Waals surface area contributed by atoms with Crippen molar-refractivity contribution in [3.63, 3.8) is 0 Å². The summed E-state index contributed by atoms with van der Waals surface area (Å²) in [5.74, 6) is 2.18. The number of amides is 1. The van der Waals surface area contributed by atoms with Crippen LogP contribution in [0.4, 0.5) is 5.82 Å². The van der Waals surface area contributed by atoms with Gasteiger partial charge in [-0.25, -0.2) is 9.97 Å². The van der Waals surface area contributed by atoms with Crippen LogP contribution in [0.2, 0.25) is 0 Å². The molecule has 1 amide bonds. The summed E-state index contributed by atoms with van der Waals surface area (Å²) in [7, 11) is 3.92. The van der Waals surface area contributed by atoms with Crippen LogP contribution in [0, 0.1) is 6.92 Å². The SMILES string of the molecule is Cc1cc(N(C)C)nc(SCc2cccc(C(=O)NCc3ccco3)c2)n1. The lowest BCUT2D eigenvalue weighted by Gasteiger charge is -2.13. The zero-order valence-electron chi connectivity index (χ0n) is 15.6. The van der Waals surface area contributed by atoms with Gasteiger partial charge in [0, 0.05) is 37.2 Å². The molecule has 0 unspecified atom stereocenters. The van der Waals surface area contributed by atoms with E-state index in [1.54, 1.807) is 30.2 Å². The molecule has 0 aliphatic carbocycles. The topological polar surface area (TPSA) is 71.3 Å². The number of hydrogen-bond donors (Lipinski definition) is 1. The summed E-state index contributed by atoms with van der Waals surface area (Å²) in [5.41, 5.74) is 2.60. The lowest BCUT2D eigenvalue weighted by Crippen LogP contribution is -2.22. The molecule has 6 nitrogen and oxygen atoms in total. The van der Waals surface area contributed by atoms with E-state index in [2.05, 4.69) is 15.3 Å². The van der Waals surface area contributed by atoms with Crippen molar-refractivity contribution in [1.29, 1.82) is 0 Å². The van der Waals surface area contributed by atoms with Crippen LogP contribution in [-0.4, -0.2) is 30.0 Å². The quantitative estimate of drug-likeness (QED) is 0.497. The minimum Gasteiger partial charge on any atom is -0.467 e. The van der Waals surface area contributed by atoms with E-state index in [1.165, 1.54) is 0 Å². The number of aryl methyl sites for hydroxylation is 1. The molecule has 0 aliphatic rings. The first-order valence-electron chi connectivity index (χ1n) is 8.56. The fraction of sp³-hybridized carbons (Fsp3) is 0.250. The van der Waals surface area contributed by atoms with Gasteiger partial charge < -0.3 is 14.6 Å². The first kappa shape index (κ1) is 19.0. The lowest BCUT2D eigenvalue weighted by molar-refractivity contribution is 0.0948. The Labute approximate surface area is 163 Å². The van der Waals surface area contributed by atoms with E-state index in [1.807, 2.05) is 56.3 Å². The summed E-state index contributed by atoms with van der Waals surface area (Å²) < 4.78 is 5.23. The Morgan fingerprint density at radius 3 is 2.78 bits per heavy atom. The molecule has 2 heterocycles. The van der Waals surface area contributed by atoms with Crippen LogP contribution in [0.1, 0.15) is 27.4 Å². The minimum atomic E-state index is -0.125. The molecular formula is C20H22N4O2S. The summed E-state index contributed by atoms with van der Waals surface area (Å²) in [6, 6.07) is 13.2. The molecule has 0 saturated carbocycles. The summed E-state index contributed by atoms with van der Waals surface area (Å²) in [5, 5.41) is 3.59. The molecule has 140 valence electrons. The maximum Gasteiger partial charge on any atom is 0.251 e. The number of rotatable bonds is 7. The fourth-order valence-corrected chi connectivity index (χ4v) is 3.29. The summed E-state index contributed by atoms with van der Waals surface area (Å²) in [6.07, 6.45) is 1.59. The molecule has 0 bridgehead atoms. The van der Waals surface area contributed by atoms with Crippen LogP contribution in [-0.2, 0) is 12.3 Å². The number of furan rings is 1. The van der Waals surface area contributed by atoms with Crippen LogP contribution in [0.3, 0.4) is 0 Å². The number of anilines is 1. The van der Waals surface area contributed by atoms with E-state index in [9.17, 15) is 4.79 Å². The van der Waals surface area contributed by atoms with Crippen molar-refractivity contribution in [3.05, 3.63) is 71.3 Å². The van der Waals surface area contributed by atoms with Gasteiger partial charge in [0.15, 0.2) is 5.16 Å². The van der Waals surface area contributed by atoms with E-state index in [0.717, 1.165) is 28.0 Å². The van der Waals surface area contributed by atoms with Crippen molar-refractivity contribution in [2.24, 2.45) is 0 Å². The third-order valence-electron chi connectivity index (χ3n) is 3.84. The Morgan fingerprint density at radius 2 is 2.04 bits per heavy atom. The third kappa shape index (κ3) is 5.34. The molecule has 3 rings (SSSR count). The van der Waals surface area contributed by atoms with E-state index in [0.29, 0.717) is 17.9 Å². The molecule has 0 fully saturated rings. The van der Waals surface area contributed by atoms with Crippen LogP contribution in [0.15, 0.2) is 58.3 Å². The number of carbonyl (C=O) groups is 1. The maximum atomic E-state index is 12.3. The molecule has 2 aromatic heterocycles. The predicted molar refractivity (Wildman–Crippen MR) is 107 cm³/mol. The summed E-state index contributed by atoms with van der Waals surface area (Å²) in [6.45, 7) is 2.33. The highest BCUT2D eigenvalue weighted by Crippen LogP contribution is 2.22. The van der Waals surface area contributed by atoms with Gasteiger partial charge in [-0.2, -0.15) is 0 Å². The van der Waals surface area contributed by atoms with Crippen molar-refractivity contribution in [2.45, 2.75) is 24.4 Å². The van der Waals surface area contributed by atoms with Gasteiger partial charge in [0.05, 0.1) is 12.8 Å². The van der Waals surface area contributed by atoms with E-state index in [4.69, 9.17) is 4.42 Å². The molecule has 1 N–H and O–H groups in total. The number of benzene rings is 1. The van der Waals surface area contributed by atoms with Crippen LogP contribution in [0.25, 0.3) is 0 Å². The van der Waals surface area contributed by atoms with Crippen LogP contribution >= 0.6 is 11.8 Å². The fourth-order valence-electron chi connectivity index (χ4n) is 2.45. The van der Waals surface area contributed by atoms with Gasteiger partial charge in [-0.15, -0.1) is 0 Å². The van der Waals surface area contributed by atoms with E-state index in [-0.39, 0.29) is 5.91 Å². The maximum absolute atomic E-state index is 12.3. The zero-order chi connectivity index (χ0) is 19.2. The highest BCUT2D eigenvalue weighted by atomic mass is 32.2. The second-order valence-corrected chi connectivity index (χ2v) is 7.24. The van der Waals surface area contributed by atoms with Gasteiger partial charge in [-0.3, -0.25) is 4.79 Å². The van der Waals surface area contributed by atoms with Crippen molar-refractivity contribution in [1.82, 2.24) is 15.3 Å². The lowest BCUT2D eigenvalue weighted by atomic mass is 10.1. The van der Waals surface area contributed by atoms with Crippen LogP contribution in [0.5, 0.6) is 0 Å². The predicted octanol–water partition coefficient (Wildman–Crippen LogP) is 3.67. The number of nitrogens with one attached hydrogen (secondary N) is 1. The Bertz CT molecular complexity index is 910. The molecule has 27 heavy (non-hydrogen) atoms. The van der Waals surface area contributed by atoms with Crippen molar-refractivity contribution in [2.75, 3.05) is 19.0 Å². The van der Waals surface area contributed by atoms with Crippen molar-refractivity contribution >= 4 is 23.5 Å². The van der Waals surface area contributed by atoms with Gasteiger partial charge in [0.25, 0.3) is 5.91 Å². The Hall–Kier alpha value is -2.80. The standard InChI is InChI=1S/C20H22N4O2S/c1-14-10-18(24(2)3)23-20(22-14)27-13-15-6-4-7-16(11-15)19(25)21-12-17-8-5-9-26-17/h4-11H,12-13H2,1-3H3,(H,21,25). The first-order valence-corrected chi connectivity index (χ1v) is 9.55. The monoisotopic (exact) mass is 382 g/mol. The molecular weight excluding hydrogens is 360 g/mol. The smallest absolute Gasteiger partial charge is 0.251 e. The summed E-state index contributed by atoms with van der Waals surface area (Å²) in [4.78, 5) is 23.3. The van der Waals surface area contributed by atoms with Crippen molar-refractivity contribution in [3.8, 4) is 0 Å². The zero-order valence-corrected chi connectivity index (χ0v) is 16.4. The van der Waals surface area contributed by atoms with E-state index >= 15 is 0 Å². The molecule has 1 aromatic carbocycles. The number of carbonyl (C=O) groups excluding carboxylic acids is 1. The largest absolute Gasteiger partial charge is 0.467 e. The average Bonchev–Trinajstić information content (AvgIpc) is 3.18. The molecule has 0 aliphatic heterocycles. The highest BCUT2D eigenvalue weighted by Gasteiger charge is 2.09. The number of hydrogen-bond acceptors (Lipinski definition) is 6. The molecule has 3 aromatic rings. The number of aromatic nitrogens is 2. The minimum absolute atomic E-state index is 0.125. The van der Waals surface area contributed by atoms with Gasteiger partial charge >= 0.3 is 0 Å². The first-order chi connectivity index (χ1) is 13.0. The number of nitrogens with zero attached hydrogens (tertiary/aromatic N) is 3. The summed E-state index contributed by atoms with van der Waals surface area (Å²) >= 11 is 1.56. The van der Waals surface area contributed by atoms with Crippen molar-refractivity contribution < 1.29 is 9.21 Å². The second-order valence-electron chi connectivity index (χ2n) is 6.30. The average molecular weight is 382 g/mol. The van der Waals surface area contributed by atoms with Crippen LogP contribution < -0.4 is 10.2 Å². The molecule has 0 radical (unpaired) electrons. The Morgan fingerprint density at radius 1 is 1.19 bits per heavy atom. The normalized spacial score (nSPS) is 10.6. The molecule has 7 heteroatoms. The Kier molecular flexibility index (Phi) is 6.13. The molecule has 0 atom stereocenters. The second kappa shape index (κ2) is 8.73. The van der Waals surface area contributed by atoms with Gasteiger partial charge in [-0.1, -0.05) is 23.9 Å². The van der Waals surface area contributed by atoms with Gasteiger partial charge in [0.1, 0.15) is 11.6 Å². The molecule has 0 saturated heterocycles. The third-order valence-corrected chi connectivity index (χ3v) is 4.76. The number of thioether (sulfide) groups is 1.